The molecule has 4 atom stereocenters. The van der Waals surface area contributed by atoms with Gasteiger partial charge in [0.25, 0.3) is 0 Å². The molecule has 0 bridgehead atoms. The second-order valence-corrected chi connectivity index (χ2v) is 7.08. The molecule has 21 heavy (non-hydrogen) atoms. The maximum absolute atomic E-state index is 12.9. The standard InChI is InChI=1S/C17H30N2O2/c1-5-14-15(20)18-17(4,6-2)16(21)19(14)11-13-10-8-7-9-12(13)3/h12-14H,5-11H2,1-4H3,(H,18,20). The Morgan fingerprint density at radius 3 is 2.48 bits per heavy atom. The number of hydrogen-bond acceptors (Lipinski definition) is 2. The van der Waals surface area contributed by atoms with Crippen LogP contribution in [0.4, 0.5) is 0 Å². The highest BCUT2D eigenvalue weighted by atomic mass is 16.2. The lowest BCUT2D eigenvalue weighted by atomic mass is 9.79. The van der Waals surface area contributed by atoms with Crippen molar-refractivity contribution in [2.24, 2.45) is 11.8 Å². The van der Waals surface area contributed by atoms with Crippen LogP contribution in [0.25, 0.3) is 0 Å². The van der Waals surface area contributed by atoms with E-state index in [1.54, 1.807) is 0 Å². The zero-order valence-electron chi connectivity index (χ0n) is 13.9. The molecule has 0 aromatic carbocycles. The molecule has 4 heteroatoms. The fourth-order valence-corrected chi connectivity index (χ4v) is 3.78. The lowest BCUT2D eigenvalue weighted by Gasteiger charge is -2.46. The summed E-state index contributed by atoms with van der Waals surface area (Å²) in [5.74, 6) is 1.32. The molecule has 2 amide bonds. The molecular weight excluding hydrogens is 264 g/mol. The van der Waals surface area contributed by atoms with Crippen molar-refractivity contribution in [1.82, 2.24) is 10.2 Å². The van der Waals surface area contributed by atoms with E-state index in [9.17, 15) is 9.59 Å². The van der Waals surface area contributed by atoms with Crippen molar-refractivity contribution in [3.05, 3.63) is 0 Å². The molecule has 120 valence electrons. The highest BCUT2D eigenvalue weighted by molar-refractivity contribution is 5.99. The van der Waals surface area contributed by atoms with Gasteiger partial charge in [0.1, 0.15) is 11.6 Å². The number of rotatable bonds is 4. The summed E-state index contributed by atoms with van der Waals surface area (Å²) in [5.41, 5.74) is -0.722. The third-order valence-corrected chi connectivity index (χ3v) is 5.62. The number of nitrogens with one attached hydrogen (secondary N) is 1. The summed E-state index contributed by atoms with van der Waals surface area (Å²) < 4.78 is 0. The molecule has 2 aliphatic rings. The molecule has 1 N–H and O–H groups in total. The van der Waals surface area contributed by atoms with Crippen LogP contribution < -0.4 is 5.32 Å². The van der Waals surface area contributed by atoms with E-state index in [0.29, 0.717) is 24.7 Å². The number of piperazine rings is 1. The topological polar surface area (TPSA) is 49.4 Å². The van der Waals surface area contributed by atoms with Gasteiger partial charge in [-0.3, -0.25) is 9.59 Å². The van der Waals surface area contributed by atoms with Gasteiger partial charge in [0, 0.05) is 6.54 Å². The van der Waals surface area contributed by atoms with E-state index in [0.717, 1.165) is 6.54 Å². The molecule has 2 rings (SSSR count). The Morgan fingerprint density at radius 2 is 1.90 bits per heavy atom. The van der Waals surface area contributed by atoms with Crippen LogP contribution in [0, 0.1) is 11.8 Å². The Balaban J connectivity index is 2.19. The van der Waals surface area contributed by atoms with Crippen LogP contribution in [0.15, 0.2) is 0 Å². The van der Waals surface area contributed by atoms with Crippen LogP contribution in [0.2, 0.25) is 0 Å². The number of amides is 2. The Morgan fingerprint density at radius 1 is 1.24 bits per heavy atom. The predicted octanol–water partition coefficient (Wildman–Crippen LogP) is 2.72. The van der Waals surface area contributed by atoms with Crippen LogP contribution >= 0.6 is 0 Å². The number of carbonyl (C=O) groups is 2. The number of hydrogen-bond donors (Lipinski definition) is 1. The monoisotopic (exact) mass is 294 g/mol. The van der Waals surface area contributed by atoms with Crippen molar-refractivity contribution in [3.8, 4) is 0 Å². The van der Waals surface area contributed by atoms with Gasteiger partial charge in [-0.25, -0.2) is 0 Å². The second kappa shape index (κ2) is 6.37. The van der Waals surface area contributed by atoms with Crippen molar-refractivity contribution in [2.45, 2.75) is 77.8 Å². The number of nitrogens with zero attached hydrogens (tertiary/aromatic N) is 1. The first-order valence-corrected chi connectivity index (χ1v) is 8.56. The minimum Gasteiger partial charge on any atom is -0.340 e. The summed E-state index contributed by atoms with van der Waals surface area (Å²) in [4.78, 5) is 27.1. The van der Waals surface area contributed by atoms with Crippen LogP contribution in [0.1, 0.15) is 66.2 Å². The van der Waals surface area contributed by atoms with E-state index >= 15 is 0 Å². The molecule has 1 saturated carbocycles. The molecule has 4 unspecified atom stereocenters. The SMILES string of the molecule is CCC1C(=O)NC(C)(CC)C(=O)N1CC1CCCCC1C. The van der Waals surface area contributed by atoms with Gasteiger partial charge in [-0.05, 0) is 38.0 Å². The normalized spacial score (nSPS) is 37.5. The van der Waals surface area contributed by atoms with E-state index < -0.39 is 5.54 Å². The Hall–Kier alpha value is -1.06. The lowest BCUT2D eigenvalue weighted by molar-refractivity contribution is -0.155. The molecule has 1 aliphatic heterocycles. The molecule has 2 fully saturated rings. The minimum absolute atomic E-state index is 0.0184. The fourth-order valence-electron chi connectivity index (χ4n) is 3.78. The van der Waals surface area contributed by atoms with Gasteiger partial charge in [0.05, 0.1) is 0 Å². The summed E-state index contributed by atoms with van der Waals surface area (Å²) in [6.07, 6.45) is 6.33. The number of carbonyl (C=O) groups excluding carboxylic acids is 2. The molecule has 4 nitrogen and oxygen atoms in total. The highest BCUT2D eigenvalue weighted by Crippen LogP contribution is 2.32. The highest BCUT2D eigenvalue weighted by Gasteiger charge is 2.47. The Bertz CT molecular complexity index is 410. The first kappa shape index (κ1) is 16.3. The zero-order chi connectivity index (χ0) is 15.6. The lowest BCUT2D eigenvalue weighted by Crippen LogP contribution is -2.69. The van der Waals surface area contributed by atoms with Gasteiger partial charge in [-0.15, -0.1) is 0 Å². The molecular formula is C17H30N2O2. The maximum Gasteiger partial charge on any atom is 0.248 e. The third kappa shape index (κ3) is 3.09. The van der Waals surface area contributed by atoms with E-state index in [1.807, 2.05) is 25.7 Å². The zero-order valence-corrected chi connectivity index (χ0v) is 13.9. The first-order chi connectivity index (χ1) is 9.92. The van der Waals surface area contributed by atoms with E-state index in [-0.39, 0.29) is 17.9 Å². The smallest absolute Gasteiger partial charge is 0.248 e. The average Bonchev–Trinajstić information content (AvgIpc) is 2.47. The Kier molecular flexibility index (Phi) is 4.95. The maximum atomic E-state index is 12.9. The first-order valence-electron chi connectivity index (χ1n) is 8.56. The average molecular weight is 294 g/mol. The quantitative estimate of drug-likeness (QED) is 0.866. The van der Waals surface area contributed by atoms with Crippen molar-refractivity contribution in [3.63, 3.8) is 0 Å². The molecule has 1 saturated heterocycles. The van der Waals surface area contributed by atoms with Crippen molar-refractivity contribution < 1.29 is 9.59 Å². The molecule has 0 spiro atoms. The summed E-state index contributed by atoms with van der Waals surface area (Å²) >= 11 is 0. The summed E-state index contributed by atoms with van der Waals surface area (Å²) in [6, 6.07) is -0.286. The fraction of sp³-hybridized carbons (Fsp3) is 0.882. The van der Waals surface area contributed by atoms with Gasteiger partial charge in [-0.1, -0.05) is 40.0 Å². The summed E-state index contributed by atoms with van der Waals surface area (Å²) in [7, 11) is 0. The molecule has 0 radical (unpaired) electrons. The molecule has 1 heterocycles. The van der Waals surface area contributed by atoms with Crippen molar-refractivity contribution in [1.29, 1.82) is 0 Å². The van der Waals surface area contributed by atoms with Gasteiger partial charge in [-0.2, -0.15) is 0 Å². The predicted molar refractivity (Wildman–Crippen MR) is 83.8 cm³/mol. The van der Waals surface area contributed by atoms with Crippen LogP contribution in [0.5, 0.6) is 0 Å². The van der Waals surface area contributed by atoms with Crippen LogP contribution in [-0.4, -0.2) is 34.8 Å². The molecule has 0 aromatic heterocycles. The van der Waals surface area contributed by atoms with E-state index in [4.69, 9.17) is 0 Å². The van der Waals surface area contributed by atoms with E-state index in [1.165, 1.54) is 25.7 Å². The minimum atomic E-state index is -0.722. The van der Waals surface area contributed by atoms with Gasteiger partial charge in [0.15, 0.2) is 0 Å². The summed E-state index contributed by atoms with van der Waals surface area (Å²) in [6.45, 7) is 8.85. The van der Waals surface area contributed by atoms with Crippen molar-refractivity contribution in [2.75, 3.05) is 6.54 Å². The third-order valence-electron chi connectivity index (χ3n) is 5.62. The summed E-state index contributed by atoms with van der Waals surface area (Å²) in [5, 5.41) is 2.94. The van der Waals surface area contributed by atoms with Gasteiger partial charge < -0.3 is 10.2 Å². The molecule has 0 aromatic rings. The largest absolute Gasteiger partial charge is 0.340 e. The van der Waals surface area contributed by atoms with Crippen molar-refractivity contribution >= 4 is 11.8 Å². The van der Waals surface area contributed by atoms with Crippen LogP contribution in [0.3, 0.4) is 0 Å². The van der Waals surface area contributed by atoms with E-state index in [2.05, 4.69) is 12.2 Å². The van der Waals surface area contributed by atoms with Crippen LogP contribution in [-0.2, 0) is 9.59 Å². The van der Waals surface area contributed by atoms with Gasteiger partial charge in [0.2, 0.25) is 11.8 Å². The Labute approximate surface area is 128 Å². The second-order valence-electron chi connectivity index (χ2n) is 7.08. The molecule has 1 aliphatic carbocycles. The van der Waals surface area contributed by atoms with Gasteiger partial charge >= 0.3 is 0 Å².